The van der Waals surface area contributed by atoms with Gasteiger partial charge in [0.2, 0.25) is 5.91 Å². The molecule has 6 nitrogen and oxygen atoms in total. The summed E-state index contributed by atoms with van der Waals surface area (Å²) < 4.78 is 15.4. The Bertz CT molecular complexity index is 816. The zero-order valence-electron chi connectivity index (χ0n) is 14.4. The lowest BCUT2D eigenvalue weighted by Gasteiger charge is -2.32. The monoisotopic (exact) mass is 377 g/mol. The van der Waals surface area contributed by atoms with Gasteiger partial charge < -0.3 is 14.8 Å². The van der Waals surface area contributed by atoms with Gasteiger partial charge in [-0.05, 0) is 30.5 Å². The maximum absolute atomic E-state index is 13.1. The predicted molar refractivity (Wildman–Crippen MR) is 95.4 cm³/mol. The number of rotatable bonds is 3. The lowest BCUT2D eigenvalue weighted by molar-refractivity contribution is -0.131. The Labute approximate surface area is 156 Å². The molecule has 8 heteroatoms. The normalized spacial score (nSPS) is 18.0. The summed E-state index contributed by atoms with van der Waals surface area (Å²) in [5.41, 5.74) is 0.666. The maximum atomic E-state index is 13.1. The van der Waals surface area contributed by atoms with Crippen LogP contribution in [0.5, 0.6) is 0 Å². The van der Waals surface area contributed by atoms with Crippen LogP contribution in [0.15, 0.2) is 18.2 Å². The zero-order chi connectivity index (χ0) is 18.1. The minimum atomic E-state index is -0.390. The maximum Gasteiger partial charge on any atom is 0.227 e. The largest absolute Gasteiger partial charge is 0.342 e. The first-order valence-corrected chi connectivity index (χ1v) is 9.34. The first-order chi connectivity index (χ1) is 12.6. The first kappa shape index (κ1) is 17.4. The third kappa shape index (κ3) is 3.46. The van der Waals surface area contributed by atoms with Gasteiger partial charge in [-0.2, -0.15) is 0 Å². The van der Waals surface area contributed by atoms with E-state index in [-0.39, 0.29) is 18.1 Å². The Balaban J connectivity index is 1.37. The van der Waals surface area contributed by atoms with E-state index < -0.39 is 0 Å². The van der Waals surface area contributed by atoms with Crippen LogP contribution in [-0.2, 0) is 24.3 Å². The SMILES string of the molecule is O=C(Cc1ccc(F)cc1Cl)N1CCC(c2nnc3n2CCNC3)CC1. The van der Waals surface area contributed by atoms with Crippen LogP contribution >= 0.6 is 11.6 Å². The number of amides is 1. The number of likely N-dealkylation sites (tertiary alicyclic amines) is 1. The Morgan fingerprint density at radius 2 is 2.08 bits per heavy atom. The van der Waals surface area contributed by atoms with Crippen molar-refractivity contribution >= 4 is 17.5 Å². The van der Waals surface area contributed by atoms with Crippen molar-refractivity contribution < 1.29 is 9.18 Å². The lowest BCUT2D eigenvalue weighted by Crippen LogP contribution is -2.39. The molecule has 0 atom stereocenters. The number of benzene rings is 1. The standard InChI is InChI=1S/C18H21ClFN5O/c19-15-10-14(20)2-1-13(15)9-17(26)24-6-3-12(4-7-24)18-23-22-16-11-21-5-8-25(16)18/h1-2,10,12,21H,3-9,11H2. The van der Waals surface area contributed by atoms with Crippen molar-refractivity contribution in [3.8, 4) is 0 Å². The zero-order valence-corrected chi connectivity index (χ0v) is 15.2. The van der Waals surface area contributed by atoms with Gasteiger partial charge in [-0.3, -0.25) is 4.79 Å². The van der Waals surface area contributed by atoms with Gasteiger partial charge in [-0.1, -0.05) is 17.7 Å². The molecule has 0 radical (unpaired) electrons. The van der Waals surface area contributed by atoms with E-state index in [1.165, 1.54) is 12.1 Å². The van der Waals surface area contributed by atoms with Crippen LogP contribution in [0.1, 0.15) is 36.0 Å². The molecule has 0 bridgehead atoms. The van der Waals surface area contributed by atoms with Gasteiger partial charge in [0.25, 0.3) is 0 Å². The Kier molecular flexibility index (Phi) is 4.91. The minimum absolute atomic E-state index is 0.0319. The predicted octanol–water partition coefficient (Wildman–Crippen LogP) is 2.12. The topological polar surface area (TPSA) is 63.1 Å². The van der Waals surface area contributed by atoms with Crippen molar-refractivity contribution in [3.63, 3.8) is 0 Å². The van der Waals surface area contributed by atoms with E-state index in [1.54, 1.807) is 6.07 Å². The molecule has 2 aliphatic heterocycles. The minimum Gasteiger partial charge on any atom is -0.342 e. The molecule has 1 saturated heterocycles. The van der Waals surface area contributed by atoms with Crippen molar-refractivity contribution in [1.82, 2.24) is 25.0 Å². The summed E-state index contributed by atoms with van der Waals surface area (Å²) in [5, 5.41) is 12.3. The summed E-state index contributed by atoms with van der Waals surface area (Å²) in [5.74, 6) is 2.03. The molecule has 138 valence electrons. The number of carbonyl (C=O) groups excluding carboxylic acids is 1. The average Bonchev–Trinajstić information content (AvgIpc) is 3.08. The number of fused-ring (bicyclic) bond motifs is 1. The van der Waals surface area contributed by atoms with Gasteiger partial charge in [0, 0.05) is 37.1 Å². The van der Waals surface area contributed by atoms with E-state index >= 15 is 0 Å². The van der Waals surface area contributed by atoms with Crippen LogP contribution in [0.4, 0.5) is 4.39 Å². The second-order valence-electron chi connectivity index (χ2n) is 6.87. The summed E-state index contributed by atoms with van der Waals surface area (Å²) in [6, 6.07) is 4.17. The molecule has 26 heavy (non-hydrogen) atoms. The number of halogens is 2. The smallest absolute Gasteiger partial charge is 0.227 e. The summed E-state index contributed by atoms with van der Waals surface area (Å²) in [6.07, 6.45) is 1.97. The Morgan fingerprint density at radius 3 is 2.85 bits per heavy atom. The van der Waals surface area contributed by atoms with Crippen molar-refractivity contribution in [2.24, 2.45) is 0 Å². The molecule has 0 saturated carbocycles. The fourth-order valence-corrected chi connectivity index (χ4v) is 3.98. The molecule has 1 amide bonds. The fourth-order valence-electron chi connectivity index (χ4n) is 3.74. The molecule has 4 rings (SSSR count). The van der Waals surface area contributed by atoms with Gasteiger partial charge in [-0.15, -0.1) is 10.2 Å². The highest BCUT2D eigenvalue weighted by molar-refractivity contribution is 6.31. The van der Waals surface area contributed by atoms with Crippen molar-refractivity contribution in [2.75, 3.05) is 19.6 Å². The van der Waals surface area contributed by atoms with Crippen LogP contribution in [0.2, 0.25) is 5.02 Å². The van der Waals surface area contributed by atoms with Crippen molar-refractivity contribution in [2.45, 2.75) is 38.3 Å². The van der Waals surface area contributed by atoms with Gasteiger partial charge in [0.1, 0.15) is 17.5 Å². The summed E-state index contributed by atoms with van der Waals surface area (Å²) in [6.45, 7) is 4.00. The quantitative estimate of drug-likeness (QED) is 0.890. The van der Waals surface area contributed by atoms with Crippen LogP contribution < -0.4 is 5.32 Å². The second kappa shape index (κ2) is 7.32. The molecule has 3 heterocycles. The molecule has 1 fully saturated rings. The highest BCUT2D eigenvalue weighted by Gasteiger charge is 2.28. The van der Waals surface area contributed by atoms with E-state index in [1.807, 2.05) is 4.90 Å². The fraction of sp³-hybridized carbons (Fsp3) is 0.500. The van der Waals surface area contributed by atoms with E-state index in [2.05, 4.69) is 20.1 Å². The highest BCUT2D eigenvalue weighted by atomic mass is 35.5. The number of nitrogens with zero attached hydrogens (tertiary/aromatic N) is 4. The van der Waals surface area contributed by atoms with Gasteiger partial charge in [-0.25, -0.2) is 4.39 Å². The van der Waals surface area contributed by atoms with Crippen LogP contribution in [-0.4, -0.2) is 45.2 Å². The van der Waals surface area contributed by atoms with E-state index in [0.29, 0.717) is 29.6 Å². The number of aromatic nitrogens is 3. The molecular weight excluding hydrogens is 357 g/mol. The summed E-state index contributed by atoms with van der Waals surface area (Å²) >= 11 is 6.04. The third-order valence-corrected chi connectivity index (χ3v) is 5.57. The third-order valence-electron chi connectivity index (χ3n) is 5.22. The molecule has 0 unspecified atom stereocenters. The van der Waals surface area contributed by atoms with Crippen molar-refractivity contribution in [1.29, 1.82) is 0 Å². The van der Waals surface area contributed by atoms with Gasteiger partial charge in [0.15, 0.2) is 0 Å². The Morgan fingerprint density at radius 1 is 1.27 bits per heavy atom. The molecule has 0 aliphatic carbocycles. The van der Waals surface area contributed by atoms with Crippen LogP contribution in [0.3, 0.4) is 0 Å². The van der Waals surface area contributed by atoms with Crippen LogP contribution in [0, 0.1) is 5.82 Å². The highest BCUT2D eigenvalue weighted by Crippen LogP contribution is 2.28. The molecule has 2 aromatic rings. The molecule has 1 N–H and O–H groups in total. The molecule has 1 aromatic carbocycles. The van der Waals surface area contributed by atoms with E-state index in [9.17, 15) is 9.18 Å². The molecule has 1 aromatic heterocycles. The second-order valence-corrected chi connectivity index (χ2v) is 7.28. The van der Waals surface area contributed by atoms with E-state index in [0.717, 1.165) is 44.1 Å². The molecule has 2 aliphatic rings. The average molecular weight is 378 g/mol. The molecular formula is C18H21ClFN5O. The van der Waals surface area contributed by atoms with Gasteiger partial charge in [0.05, 0.1) is 13.0 Å². The number of hydrogen-bond acceptors (Lipinski definition) is 4. The number of nitrogens with one attached hydrogen (secondary N) is 1. The number of carbonyl (C=O) groups is 1. The summed E-state index contributed by atoms with van der Waals surface area (Å²) in [4.78, 5) is 14.4. The Hall–Kier alpha value is -1.99. The first-order valence-electron chi connectivity index (χ1n) is 8.96. The van der Waals surface area contributed by atoms with Crippen molar-refractivity contribution in [3.05, 3.63) is 46.3 Å². The van der Waals surface area contributed by atoms with Crippen LogP contribution in [0.25, 0.3) is 0 Å². The van der Waals surface area contributed by atoms with E-state index in [4.69, 9.17) is 11.6 Å². The molecule has 0 spiro atoms. The number of hydrogen-bond donors (Lipinski definition) is 1. The summed E-state index contributed by atoms with van der Waals surface area (Å²) in [7, 11) is 0. The lowest BCUT2D eigenvalue weighted by atomic mass is 9.95. The number of piperidine rings is 1. The van der Waals surface area contributed by atoms with Gasteiger partial charge >= 0.3 is 0 Å².